The van der Waals surface area contributed by atoms with Gasteiger partial charge in [0.05, 0.1) is 6.54 Å². The van der Waals surface area contributed by atoms with Crippen molar-refractivity contribution in [2.75, 3.05) is 6.54 Å². The fourth-order valence-electron chi connectivity index (χ4n) is 2.64. The lowest BCUT2D eigenvalue weighted by atomic mass is 9.94. The van der Waals surface area contributed by atoms with Gasteiger partial charge in [-0.25, -0.2) is 4.79 Å². The number of hydrogen-bond acceptors (Lipinski definition) is 2. The largest absolute Gasteiger partial charge is 0.445 e. The summed E-state index contributed by atoms with van der Waals surface area (Å²) in [7, 11) is 0. The summed E-state index contributed by atoms with van der Waals surface area (Å²) in [5, 5.41) is 0. The van der Waals surface area contributed by atoms with Gasteiger partial charge in [-0.05, 0) is 18.4 Å². The van der Waals surface area contributed by atoms with Crippen molar-refractivity contribution in [1.82, 2.24) is 4.90 Å². The number of hydrogen-bond donors (Lipinski definition) is 0. The molecule has 0 bridgehead atoms. The molecule has 0 saturated heterocycles. The molecule has 3 nitrogen and oxygen atoms in total. The second-order valence-electron chi connectivity index (χ2n) is 5.16. The van der Waals surface area contributed by atoms with Crippen LogP contribution in [0.2, 0.25) is 0 Å². The summed E-state index contributed by atoms with van der Waals surface area (Å²) in [5.41, 5.74) is 0.991. The molecule has 1 saturated carbocycles. The van der Waals surface area contributed by atoms with E-state index < -0.39 is 0 Å². The molecule has 2 rings (SSSR count). The molecule has 1 aliphatic carbocycles. The van der Waals surface area contributed by atoms with Gasteiger partial charge in [-0.2, -0.15) is 0 Å². The molecule has 1 aromatic rings. The van der Waals surface area contributed by atoms with Crippen LogP contribution < -0.4 is 0 Å². The standard InChI is InChI=1S/C17H21NO2/c1-2-13-18(16-11-7-4-8-12-16)17(19)20-14-15-9-5-3-6-10-15/h1,3,5-6,9-10,16H,4,7-8,11-14H2. The number of terminal acetylenes is 1. The third kappa shape index (κ3) is 4.03. The van der Waals surface area contributed by atoms with Gasteiger partial charge in [-0.1, -0.05) is 55.5 Å². The molecule has 106 valence electrons. The van der Waals surface area contributed by atoms with Gasteiger partial charge in [0.1, 0.15) is 6.61 Å². The quantitative estimate of drug-likeness (QED) is 0.783. The first-order chi connectivity index (χ1) is 9.81. The Hall–Kier alpha value is -1.95. The molecule has 0 aromatic heterocycles. The van der Waals surface area contributed by atoms with Crippen LogP contribution >= 0.6 is 0 Å². The molecule has 1 fully saturated rings. The molecule has 1 amide bonds. The summed E-state index contributed by atoms with van der Waals surface area (Å²) in [6.07, 6.45) is 10.7. The number of ether oxygens (including phenoxy) is 1. The Labute approximate surface area is 120 Å². The van der Waals surface area contributed by atoms with Gasteiger partial charge in [0.25, 0.3) is 0 Å². The number of nitrogens with zero attached hydrogens (tertiary/aromatic N) is 1. The summed E-state index contributed by atoms with van der Waals surface area (Å²) >= 11 is 0. The minimum absolute atomic E-state index is 0.239. The maximum Gasteiger partial charge on any atom is 0.411 e. The van der Waals surface area contributed by atoms with Crippen molar-refractivity contribution in [2.45, 2.75) is 44.8 Å². The summed E-state index contributed by atoms with van der Waals surface area (Å²) in [4.78, 5) is 13.9. The van der Waals surface area contributed by atoms with E-state index in [1.165, 1.54) is 6.42 Å². The lowest BCUT2D eigenvalue weighted by Gasteiger charge is -2.32. The van der Waals surface area contributed by atoms with Gasteiger partial charge in [0.2, 0.25) is 0 Å². The second-order valence-corrected chi connectivity index (χ2v) is 5.16. The molecule has 1 aromatic carbocycles. The average Bonchev–Trinajstić information content (AvgIpc) is 2.52. The van der Waals surface area contributed by atoms with Gasteiger partial charge >= 0.3 is 6.09 Å². The Morgan fingerprint density at radius 1 is 1.25 bits per heavy atom. The Balaban J connectivity index is 1.91. The van der Waals surface area contributed by atoms with Crippen molar-refractivity contribution < 1.29 is 9.53 Å². The Morgan fingerprint density at radius 3 is 2.60 bits per heavy atom. The molecule has 0 atom stereocenters. The second kappa shape index (κ2) is 7.59. The zero-order valence-corrected chi connectivity index (χ0v) is 11.8. The minimum atomic E-state index is -0.293. The van der Waals surface area contributed by atoms with Crippen molar-refractivity contribution in [2.24, 2.45) is 0 Å². The Kier molecular flexibility index (Phi) is 5.49. The van der Waals surface area contributed by atoms with Gasteiger partial charge in [-0.15, -0.1) is 6.42 Å². The van der Waals surface area contributed by atoms with Gasteiger partial charge in [0.15, 0.2) is 0 Å². The minimum Gasteiger partial charge on any atom is -0.445 e. The van der Waals surface area contributed by atoms with Crippen LogP contribution in [0.15, 0.2) is 30.3 Å². The average molecular weight is 271 g/mol. The van der Waals surface area contributed by atoms with Crippen LogP contribution in [0.3, 0.4) is 0 Å². The van der Waals surface area contributed by atoms with Gasteiger partial charge < -0.3 is 4.74 Å². The zero-order valence-electron chi connectivity index (χ0n) is 11.8. The highest BCUT2D eigenvalue weighted by Gasteiger charge is 2.25. The first-order valence-electron chi connectivity index (χ1n) is 7.22. The molecule has 0 N–H and O–H groups in total. The highest BCUT2D eigenvalue weighted by atomic mass is 16.6. The molecular weight excluding hydrogens is 250 g/mol. The molecule has 0 heterocycles. The van der Waals surface area contributed by atoms with Crippen LogP contribution in [0.1, 0.15) is 37.7 Å². The lowest BCUT2D eigenvalue weighted by molar-refractivity contribution is 0.0780. The first kappa shape index (κ1) is 14.5. The maximum absolute atomic E-state index is 12.2. The summed E-state index contributed by atoms with van der Waals surface area (Å²) in [6.45, 7) is 0.631. The number of benzene rings is 1. The first-order valence-corrected chi connectivity index (χ1v) is 7.22. The van der Waals surface area contributed by atoms with E-state index in [0.717, 1.165) is 31.2 Å². The molecule has 0 spiro atoms. The topological polar surface area (TPSA) is 29.5 Å². The Morgan fingerprint density at radius 2 is 1.95 bits per heavy atom. The van der Waals surface area contributed by atoms with Crippen molar-refractivity contribution in [3.63, 3.8) is 0 Å². The van der Waals surface area contributed by atoms with E-state index in [9.17, 15) is 4.79 Å². The van der Waals surface area contributed by atoms with Crippen molar-refractivity contribution >= 4 is 6.09 Å². The summed E-state index contributed by atoms with van der Waals surface area (Å²) < 4.78 is 5.39. The predicted octanol–water partition coefficient (Wildman–Crippen LogP) is 3.59. The lowest BCUT2D eigenvalue weighted by Crippen LogP contribution is -2.42. The summed E-state index contributed by atoms with van der Waals surface area (Å²) in [6, 6.07) is 9.94. The summed E-state index contributed by atoms with van der Waals surface area (Å²) in [5.74, 6) is 2.57. The molecular formula is C17H21NO2. The van der Waals surface area contributed by atoms with Gasteiger partial charge in [0, 0.05) is 6.04 Å². The number of carbonyl (C=O) groups excluding carboxylic acids is 1. The SMILES string of the molecule is C#CCN(C(=O)OCc1ccccc1)C1CCCCC1. The fourth-order valence-corrected chi connectivity index (χ4v) is 2.64. The van der Waals surface area contributed by atoms with Crippen molar-refractivity contribution in [3.8, 4) is 12.3 Å². The van der Waals surface area contributed by atoms with Crippen LogP contribution in [-0.2, 0) is 11.3 Å². The normalized spacial score (nSPS) is 15.3. The highest BCUT2D eigenvalue weighted by Crippen LogP contribution is 2.23. The van der Waals surface area contributed by atoms with Crippen LogP contribution in [0.4, 0.5) is 4.79 Å². The van der Waals surface area contributed by atoms with Crippen molar-refractivity contribution in [1.29, 1.82) is 0 Å². The monoisotopic (exact) mass is 271 g/mol. The van der Waals surface area contributed by atoms with E-state index in [2.05, 4.69) is 5.92 Å². The highest BCUT2D eigenvalue weighted by molar-refractivity contribution is 5.68. The molecule has 0 aliphatic heterocycles. The molecule has 20 heavy (non-hydrogen) atoms. The molecule has 0 unspecified atom stereocenters. The molecule has 3 heteroatoms. The smallest absolute Gasteiger partial charge is 0.411 e. The fraction of sp³-hybridized carbons (Fsp3) is 0.471. The van der Waals surface area contributed by atoms with Crippen LogP contribution in [-0.4, -0.2) is 23.6 Å². The zero-order chi connectivity index (χ0) is 14.2. The van der Waals surface area contributed by atoms with Crippen LogP contribution in [0, 0.1) is 12.3 Å². The third-order valence-corrected chi connectivity index (χ3v) is 3.72. The van der Waals surface area contributed by atoms with Crippen LogP contribution in [0.5, 0.6) is 0 Å². The van der Waals surface area contributed by atoms with E-state index in [-0.39, 0.29) is 12.1 Å². The number of carbonyl (C=O) groups is 1. The van der Waals surface area contributed by atoms with Crippen LogP contribution in [0.25, 0.3) is 0 Å². The third-order valence-electron chi connectivity index (χ3n) is 3.72. The Bertz CT molecular complexity index is 458. The van der Waals surface area contributed by atoms with E-state index in [1.807, 2.05) is 30.3 Å². The van der Waals surface area contributed by atoms with Crippen molar-refractivity contribution in [3.05, 3.63) is 35.9 Å². The van der Waals surface area contributed by atoms with Gasteiger partial charge in [-0.3, -0.25) is 4.90 Å². The van der Waals surface area contributed by atoms with E-state index in [0.29, 0.717) is 13.2 Å². The molecule has 1 aliphatic rings. The molecule has 0 radical (unpaired) electrons. The maximum atomic E-state index is 12.2. The van der Waals surface area contributed by atoms with E-state index >= 15 is 0 Å². The van der Waals surface area contributed by atoms with E-state index in [1.54, 1.807) is 4.90 Å². The van der Waals surface area contributed by atoms with E-state index in [4.69, 9.17) is 11.2 Å². The number of amides is 1. The predicted molar refractivity (Wildman–Crippen MR) is 79.0 cm³/mol. The number of rotatable bonds is 4.